The Morgan fingerprint density at radius 3 is 2.96 bits per heavy atom. The van der Waals surface area contributed by atoms with Gasteiger partial charge in [0.15, 0.2) is 0 Å². The van der Waals surface area contributed by atoms with Gasteiger partial charge in [0.05, 0.1) is 28.6 Å². The van der Waals surface area contributed by atoms with Crippen molar-refractivity contribution in [3.8, 4) is 6.07 Å². The highest BCUT2D eigenvalue weighted by Crippen LogP contribution is 2.33. The molecule has 0 N–H and O–H groups in total. The molecule has 5 nitrogen and oxygen atoms in total. The lowest BCUT2D eigenvalue weighted by atomic mass is 10.0. The molecule has 2 aromatic heterocycles. The molecule has 1 aliphatic carbocycles. The molecule has 118 valence electrons. The molecule has 1 aliphatic heterocycles. The van der Waals surface area contributed by atoms with Crippen LogP contribution in [0.1, 0.15) is 42.3 Å². The number of imidazole rings is 1. The predicted octanol–water partition coefficient (Wildman–Crippen LogP) is 3.13. The van der Waals surface area contributed by atoms with E-state index in [1.165, 1.54) is 24.2 Å². The van der Waals surface area contributed by atoms with E-state index >= 15 is 0 Å². The van der Waals surface area contributed by atoms with Gasteiger partial charge in [-0.2, -0.15) is 5.26 Å². The van der Waals surface area contributed by atoms with Gasteiger partial charge in [-0.1, -0.05) is 11.6 Å². The van der Waals surface area contributed by atoms with Crippen LogP contribution in [0.15, 0.2) is 18.6 Å². The summed E-state index contributed by atoms with van der Waals surface area (Å²) in [5.41, 5.74) is 3.20. The quantitative estimate of drug-likeness (QED) is 0.850. The van der Waals surface area contributed by atoms with Crippen molar-refractivity contribution < 1.29 is 0 Å². The molecule has 1 atom stereocenters. The van der Waals surface area contributed by atoms with Gasteiger partial charge in [0.1, 0.15) is 11.9 Å². The van der Waals surface area contributed by atoms with Crippen LogP contribution < -0.4 is 4.90 Å². The number of pyridine rings is 1. The third-order valence-corrected chi connectivity index (χ3v) is 5.15. The number of anilines is 1. The maximum Gasteiger partial charge on any atom is 0.147 e. The highest BCUT2D eigenvalue weighted by molar-refractivity contribution is 6.33. The second-order valence-corrected chi connectivity index (χ2v) is 6.69. The first-order chi connectivity index (χ1) is 11.3. The van der Waals surface area contributed by atoms with Gasteiger partial charge < -0.3 is 9.47 Å². The first-order valence-electron chi connectivity index (χ1n) is 8.11. The summed E-state index contributed by atoms with van der Waals surface area (Å²) in [7, 11) is 0. The van der Waals surface area contributed by atoms with E-state index in [9.17, 15) is 0 Å². The van der Waals surface area contributed by atoms with Gasteiger partial charge in [-0.25, -0.2) is 9.97 Å². The number of nitrogens with zero attached hydrogens (tertiary/aromatic N) is 5. The minimum atomic E-state index is 0.429. The van der Waals surface area contributed by atoms with E-state index < -0.39 is 0 Å². The number of rotatable bonds is 2. The zero-order valence-electron chi connectivity index (χ0n) is 12.9. The van der Waals surface area contributed by atoms with Gasteiger partial charge >= 0.3 is 0 Å². The summed E-state index contributed by atoms with van der Waals surface area (Å²) in [6.45, 7) is 1.82. The van der Waals surface area contributed by atoms with Gasteiger partial charge in [0.25, 0.3) is 0 Å². The zero-order chi connectivity index (χ0) is 15.8. The summed E-state index contributed by atoms with van der Waals surface area (Å²) in [6, 6.07) is 4.19. The van der Waals surface area contributed by atoms with E-state index in [0.717, 1.165) is 38.2 Å². The number of aryl methyl sites for hydroxylation is 1. The maximum absolute atomic E-state index is 8.93. The van der Waals surface area contributed by atoms with Crippen LogP contribution in [0.25, 0.3) is 0 Å². The second-order valence-electron chi connectivity index (χ2n) is 6.28. The fraction of sp³-hybridized carbons (Fsp3) is 0.471. The third kappa shape index (κ3) is 2.57. The van der Waals surface area contributed by atoms with Crippen molar-refractivity contribution in [2.24, 2.45) is 0 Å². The number of nitriles is 1. The number of hydrogen-bond donors (Lipinski definition) is 0. The molecule has 2 aliphatic rings. The Balaban J connectivity index is 1.56. The normalized spacial score (nSPS) is 20.3. The van der Waals surface area contributed by atoms with Crippen molar-refractivity contribution in [2.45, 2.75) is 38.1 Å². The van der Waals surface area contributed by atoms with Crippen LogP contribution in [0.5, 0.6) is 0 Å². The molecule has 4 rings (SSSR count). The number of fused-ring (bicyclic) bond motifs is 1. The first kappa shape index (κ1) is 14.5. The van der Waals surface area contributed by atoms with Crippen molar-refractivity contribution in [2.75, 3.05) is 18.0 Å². The first-order valence-corrected chi connectivity index (χ1v) is 8.49. The summed E-state index contributed by atoms with van der Waals surface area (Å²) in [5, 5.41) is 9.48. The van der Waals surface area contributed by atoms with E-state index in [-0.39, 0.29) is 0 Å². The van der Waals surface area contributed by atoms with Gasteiger partial charge in [-0.3, -0.25) is 0 Å². The molecule has 3 heterocycles. The summed E-state index contributed by atoms with van der Waals surface area (Å²) in [4.78, 5) is 11.2. The summed E-state index contributed by atoms with van der Waals surface area (Å²) in [5.74, 6) is 0.780. The van der Waals surface area contributed by atoms with E-state index in [0.29, 0.717) is 16.6 Å². The topological polar surface area (TPSA) is 57.7 Å². The van der Waals surface area contributed by atoms with Crippen LogP contribution in [0.3, 0.4) is 0 Å². The number of aromatic nitrogens is 3. The molecule has 0 amide bonds. The molecule has 1 fully saturated rings. The van der Waals surface area contributed by atoms with E-state index in [2.05, 4.69) is 25.5 Å². The molecular formula is C17H18ClN5. The molecule has 0 bridgehead atoms. The standard InChI is InChI=1S/C17H18ClN5/c18-14-7-12(8-19)9-20-17(14)22-6-5-13(10-22)23-11-21-15-3-1-2-4-16(15)23/h7,9,11,13H,1-6,10H2. The molecule has 23 heavy (non-hydrogen) atoms. The van der Waals surface area contributed by atoms with Gasteiger partial charge in [-0.05, 0) is 38.2 Å². The zero-order valence-corrected chi connectivity index (χ0v) is 13.6. The third-order valence-electron chi connectivity index (χ3n) is 4.87. The Hall–Kier alpha value is -2.06. The molecule has 1 unspecified atom stereocenters. The average Bonchev–Trinajstić information content (AvgIpc) is 3.21. The van der Waals surface area contributed by atoms with Crippen LogP contribution in [-0.4, -0.2) is 27.6 Å². The van der Waals surface area contributed by atoms with Crippen LogP contribution >= 0.6 is 11.6 Å². The summed E-state index contributed by atoms with van der Waals surface area (Å²) < 4.78 is 2.37. The van der Waals surface area contributed by atoms with Crippen LogP contribution in [0.2, 0.25) is 5.02 Å². The van der Waals surface area contributed by atoms with E-state index in [1.807, 2.05) is 6.33 Å². The number of hydrogen-bond acceptors (Lipinski definition) is 4. The molecule has 0 aromatic carbocycles. The monoisotopic (exact) mass is 327 g/mol. The van der Waals surface area contributed by atoms with Crippen molar-refractivity contribution in [1.82, 2.24) is 14.5 Å². The van der Waals surface area contributed by atoms with Crippen LogP contribution in [0, 0.1) is 11.3 Å². The van der Waals surface area contributed by atoms with E-state index in [4.69, 9.17) is 16.9 Å². The second kappa shape index (κ2) is 5.86. The smallest absolute Gasteiger partial charge is 0.147 e. The highest BCUT2D eigenvalue weighted by atomic mass is 35.5. The Kier molecular flexibility index (Phi) is 3.70. The Morgan fingerprint density at radius 1 is 1.26 bits per heavy atom. The Bertz CT molecular complexity index is 776. The van der Waals surface area contributed by atoms with E-state index in [1.54, 1.807) is 12.3 Å². The van der Waals surface area contributed by atoms with Gasteiger partial charge in [-0.15, -0.1) is 0 Å². The minimum Gasteiger partial charge on any atom is -0.353 e. The van der Waals surface area contributed by atoms with Crippen molar-refractivity contribution >= 4 is 17.4 Å². The average molecular weight is 328 g/mol. The molecule has 1 saturated heterocycles. The van der Waals surface area contributed by atoms with Gasteiger partial charge in [0, 0.05) is 25.0 Å². The molecule has 0 spiro atoms. The van der Waals surface area contributed by atoms with Crippen molar-refractivity contribution in [3.63, 3.8) is 0 Å². The molecule has 0 radical (unpaired) electrons. The maximum atomic E-state index is 8.93. The Labute approximate surface area is 140 Å². The molecule has 2 aromatic rings. The summed E-state index contributed by atoms with van der Waals surface area (Å²) >= 11 is 6.30. The Morgan fingerprint density at radius 2 is 2.13 bits per heavy atom. The lowest BCUT2D eigenvalue weighted by molar-refractivity contribution is 0.515. The fourth-order valence-electron chi connectivity index (χ4n) is 3.69. The molecule has 6 heteroatoms. The lowest BCUT2D eigenvalue weighted by Crippen LogP contribution is -2.23. The van der Waals surface area contributed by atoms with Crippen molar-refractivity contribution in [3.05, 3.63) is 40.6 Å². The highest BCUT2D eigenvalue weighted by Gasteiger charge is 2.29. The molecule has 0 saturated carbocycles. The summed E-state index contributed by atoms with van der Waals surface area (Å²) in [6.07, 6.45) is 9.44. The fourth-order valence-corrected chi connectivity index (χ4v) is 3.98. The number of halogens is 1. The van der Waals surface area contributed by atoms with Crippen molar-refractivity contribution in [1.29, 1.82) is 5.26 Å². The van der Waals surface area contributed by atoms with Crippen LogP contribution in [-0.2, 0) is 12.8 Å². The minimum absolute atomic E-state index is 0.429. The lowest BCUT2D eigenvalue weighted by Gasteiger charge is -2.21. The van der Waals surface area contributed by atoms with Crippen LogP contribution in [0.4, 0.5) is 5.82 Å². The SMILES string of the molecule is N#Cc1cnc(N2CCC(n3cnc4c3CCCC4)C2)c(Cl)c1. The molecular weight excluding hydrogens is 310 g/mol. The predicted molar refractivity (Wildman–Crippen MR) is 88.7 cm³/mol. The van der Waals surface area contributed by atoms with Gasteiger partial charge in [0.2, 0.25) is 0 Å². The largest absolute Gasteiger partial charge is 0.353 e.